The van der Waals surface area contributed by atoms with Crippen LogP contribution in [0.25, 0.3) is 0 Å². The van der Waals surface area contributed by atoms with Crippen LogP contribution in [0, 0.1) is 5.92 Å². The highest BCUT2D eigenvalue weighted by atomic mass is 16.4. The fourth-order valence-corrected chi connectivity index (χ4v) is 3.07. The second kappa shape index (κ2) is 16.6. The minimum absolute atomic E-state index is 0.0247. The van der Waals surface area contributed by atoms with Gasteiger partial charge in [-0.15, -0.1) is 0 Å². The Morgan fingerprint density at radius 1 is 0.824 bits per heavy atom. The lowest BCUT2D eigenvalue weighted by Gasteiger charge is -2.25. The number of aliphatic carboxylic acids is 1. The zero-order valence-corrected chi connectivity index (χ0v) is 20.4. The van der Waals surface area contributed by atoms with Crippen LogP contribution >= 0.6 is 0 Å². The van der Waals surface area contributed by atoms with Crippen molar-refractivity contribution in [1.29, 1.82) is 0 Å². The number of carbonyl (C=O) groups is 4. The molecule has 0 rings (SSSR count). The fourth-order valence-electron chi connectivity index (χ4n) is 3.07. The quantitative estimate of drug-likeness (QED) is 0.0649. The summed E-state index contributed by atoms with van der Waals surface area (Å²) < 4.78 is 0. The highest BCUT2D eigenvalue weighted by Gasteiger charge is 2.29. The molecule has 0 spiro atoms. The van der Waals surface area contributed by atoms with Crippen LogP contribution in [0.4, 0.5) is 0 Å². The second-order valence-corrected chi connectivity index (χ2v) is 8.67. The van der Waals surface area contributed by atoms with Crippen molar-refractivity contribution in [3.8, 4) is 0 Å². The number of amides is 3. The van der Waals surface area contributed by atoms with E-state index in [-0.39, 0.29) is 31.3 Å². The number of carbonyl (C=O) groups excluding carboxylic acids is 3. The van der Waals surface area contributed by atoms with Crippen molar-refractivity contribution >= 4 is 29.7 Å². The van der Waals surface area contributed by atoms with Gasteiger partial charge in [-0.25, -0.2) is 4.79 Å². The maximum absolute atomic E-state index is 13.0. The summed E-state index contributed by atoms with van der Waals surface area (Å²) in [7, 11) is 0. The molecule has 0 fully saturated rings. The van der Waals surface area contributed by atoms with Crippen LogP contribution in [0.15, 0.2) is 4.99 Å². The van der Waals surface area contributed by atoms with E-state index in [4.69, 9.17) is 22.9 Å². The van der Waals surface area contributed by atoms with Crippen molar-refractivity contribution in [2.75, 3.05) is 13.1 Å². The molecule has 0 aliphatic carbocycles. The summed E-state index contributed by atoms with van der Waals surface area (Å²) in [6.07, 6.45) is 2.25. The van der Waals surface area contributed by atoms with Gasteiger partial charge in [0.2, 0.25) is 17.7 Å². The third-order valence-corrected chi connectivity index (χ3v) is 4.89. The standard InChI is InChI=1S/C21H42N8O5/c1-12(2)11-16(20(33)34)29-19(32)15(8-6-10-26-21(24)25)28-18(31)14(7-4-5-9-22)27-17(30)13(3)23/h12-16H,4-11,22-23H2,1-3H3,(H,27,30)(H,28,31)(H,29,32)(H,33,34)(H4,24,25,26)/t13-,14-,15-,16-/m0/s1. The number of rotatable bonds is 17. The summed E-state index contributed by atoms with van der Waals surface area (Å²) in [5.74, 6) is -2.99. The smallest absolute Gasteiger partial charge is 0.326 e. The van der Waals surface area contributed by atoms with E-state index in [0.29, 0.717) is 32.2 Å². The van der Waals surface area contributed by atoms with E-state index in [1.165, 1.54) is 6.92 Å². The van der Waals surface area contributed by atoms with Gasteiger partial charge in [0.25, 0.3) is 0 Å². The van der Waals surface area contributed by atoms with E-state index in [1.807, 2.05) is 13.8 Å². The average Bonchev–Trinajstić information content (AvgIpc) is 2.73. The molecule has 4 atom stereocenters. The number of carboxylic acids is 1. The van der Waals surface area contributed by atoms with Crippen LogP contribution in [0.1, 0.15) is 59.3 Å². The Kier molecular flexibility index (Phi) is 15.2. The summed E-state index contributed by atoms with van der Waals surface area (Å²) in [5.41, 5.74) is 21.8. The number of nitrogens with zero attached hydrogens (tertiary/aromatic N) is 1. The Morgan fingerprint density at radius 3 is 1.76 bits per heavy atom. The third kappa shape index (κ3) is 13.6. The maximum atomic E-state index is 13.0. The lowest BCUT2D eigenvalue weighted by atomic mass is 10.0. The Hall–Kier alpha value is -2.93. The SMILES string of the molecule is CC(C)C[C@H](NC(=O)[C@H](CCCN=C(N)N)NC(=O)[C@H](CCCCN)NC(=O)[C@H](C)N)C(=O)O. The summed E-state index contributed by atoms with van der Waals surface area (Å²) in [6, 6.07) is -3.91. The molecule has 13 heteroatoms. The monoisotopic (exact) mass is 486 g/mol. The second-order valence-electron chi connectivity index (χ2n) is 8.67. The first-order valence-corrected chi connectivity index (χ1v) is 11.5. The van der Waals surface area contributed by atoms with E-state index < -0.39 is 47.9 Å². The highest BCUT2D eigenvalue weighted by molar-refractivity contribution is 5.94. The molecule has 0 aromatic carbocycles. The van der Waals surface area contributed by atoms with Crippen molar-refractivity contribution < 1.29 is 24.3 Å². The van der Waals surface area contributed by atoms with Gasteiger partial charge in [0, 0.05) is 6.54 Å². The number of guanidine groups is 1. The van der Waals surface area contributed by atoms with E-state index in [1.54, 1.807) is 0 Å². The van der Waals surface area contributed by atoms with Crippen molar-refractivity contribution in [1.82, 2.24) is 16.0 Å². The molecule has 0 saturated carbocycles. The molecule has 0 heterocycles. The zero-order valence-electron chi connectivity index (χ0n) is 20.4. The van der Waals surface area contributed by atoms with Crippen molar-refractivity contribution in [2.45, 2.75) is 83.5 Å². The van der Waals surface area contributed by atoms with Crippen LogP contribution in [0.2, 0.25) is 0 Å². The Bertz CT molecular complexity index is 695. The van der Waals surface area contributed by atoms with Gasteiger partial charge in [0.05, 0.1) is 6.04 Å². The molecule has 0 saturated heterocycles. The van der Waals surface area contributed by atoms with Gasteiger partial charge in [-0.05, 0) is 57.9 Å². The van der Waals surface area contributed by atoms with Crippen LogP contribution in [0.5, 0.6) is 0 Å². The number of hydrogen-bond donors (Lipinski definition) is 8. The molecule has 0 bridgehead atoms. The number of hydrogen-bond acceptors (Lipinski definition) is 7. The van der Waals surface area contributed by atoms with E-state index in [2.05, 4.69) is 20.9 Å². The average molecular weight is 487 g/mol. The van der Waals surface area contributed by atoms with Crippen molar-refractivity contribution in [3.63, 3.8) is 0 Å². The Labute approximate surface area is 200 Å². The largest absolute Gasteiger partial charge is 0.480 e. The lowest BCUT2D eigenvalue weighted by molar-refractivity contribution is -0.142. The predicted molar refractivity (Wildman–Crippen MR) is 129 cm³/mol. The topological polar surface area (TPSA) is 241 Å². The van der Waals surface area contributed by atoms with Gasteiger partial charge in [0.1, 0.15) is 18.1 Å². The molecule has 0 aromatic heterocycles. The minimum Gasteiger partial charge on any atom is -0.480 e. The maximum Gasteiger partial charge on any atom is 0.326 e. The van der Waals surface area contributed by atoms with Crippen molar-refractivity contribution in [2.24, 2.45) is 33.8 Å². The number of unbranched alkanes of at least 4 members (excludes halogenated alkanes) is 1. The summed E-state index contributed by atoms with van der Waals surface area (Å²) in [6.45, 7) is 5.81. The molecule has 12 N–H and O–H groups in total. The molecule has 0 aliphatic heterocycles. The zero-order chi connectivity index (χ0) is 26.3. The van der Waals surface area contributed by atoms with Gasteiger partial charge in [-0.3, -0.25) is 19.4 Å². The van der Waals surface area contributed by atoms with E-state index in [9.17, 15) is 24.3 Å². The molecule has 3 amide bonds. The molecule has 34 heavy (non-hydrogen) atoms. The summed E-state index contributed by atoms with van der Waals surface area (Å²) >= 11 is 0. The first kappa shape index (κ1) is 31.1. The molecule has 13 nitrogen and oxygen atoms in total. The Morgan fingerprint density at radius 2 is 1.32 bits per heavy atom. The first-order valence-electron chi connectivity index (χ1n) is 11.5. The van der Waals surface area contributed by atoms with Gasteiger partial charge in [0.15, 0.2) is 5.96 Å². The number of nitrogens with one attached hydrogen (secondary N) is 3. The van der Waals surface area contributed by atoms with Crippen LogP contribution in [0.3, 0.4) is 0 Å². The van der Waals surface area contributed by atoms with Gasteiger partial charge in [-0.2, -0.15) is 0 Å². The third-order valence-electron chi connectivity index (χ3n) is 4.89. The van der Waals surface area contributed by atoms with Crippen molar-refractivity contribution in [3.05, 3.63) is 0 Å². The molecule has 0 unspecified atom stereocenters. The lowest BCUT2D eigenvalue weighted by Crippen LogP contribution is -2.57. The summed E-state index contributed by atoms with van der Waals surface area (Å²) in [5, 5.41) is 17.2. The molecule has 0 aliphatic rings. The molecule has 196 valence electrons. The predicted octanol–water partition coefficient (Wildman–Crippen LogP) is -1.90. The molecule has 0 aromatic rings. The normalized spacial score (nSPS) is 14.4. The molecule has 0 radical (unpaired) electrons. The molecular formula is C21H42N8O5. The number of nitrogens with two attached hydrogens (primary N) is 4. The molecular weight excluding hydrogens is 444 g/mol. The number of carboxylic acid groups (broad SMARTS) is 1. The van der Waals surface area contributed by atoms with E-state index >= 15 is 0 Å². The first-order chi connectivity index (χ1) is 15.9. The minimum atomic E-state index is -1.17. The fraction of sp³-hybridized carbons (Fsp3) is 0.762. The van der Waals surface area contributed by atoms with Gasteiger partial charge in [-0.1, -0.05) is 13.8 Å². The van der Waals surface area contributed by atoms with E-state index in [0.717, 1.165) is 0 Å². The van der Waals surface area contributed by atoms with Crippen LogP contribution in [-0.2, 0) is 19.2 Å². The highest BCUT2D eigenvalue weighted by Crippen LogP contribution is 2.08. The van der Waals surface area contributed by atoms with Gasteiger partial charge < -0.3 is 44.0 Å². The van der Waals surface area contributed by atoms with Crippen LogP contribution < -0.4 is 38.9 Å². The Balaban J connectivity index is 5.53. The number of aliphatic imine (C=N–C) groups is 1. The summed E-state index contributed by atoms with van der Waals surface area (Å²) in [4.78, 5) is 53.4. The van der Waals surface area contributed by atoms with Crippen LogP contribution in [-0.4, -0.2) is 72.0 Å². The van der Waals surface area contributed by atoms with Gasteiger partial charge >= 0.3 is 5.97 Å².